The van der Waals surface area contributed by atoms with Crippen LogP contribution in [0.25, 0.3) is 0 Å². The fourth-order valence-electron chi connectivity index (χ4n) is 3.34. The van der Waals surface area contributed by atoms with Crippen molar-refractivity contribution >= 4 is 11.9 Å². The number of aliphatic carboxylic acids is 1. The van der Waals surface area contributed by atoms with Crippen molar-refractivity contribution < 1.29 is 27.9 Å². The van der Waals surface area contributed by atoms with Crippen molar-refractivity contribution in [3.8, 4) is 0 Å². The van der Waals surface area contributed by atoms with Crippen LogP contribution in [-0.2, 0) is 16.5 Å². The third kappa shape index (κ3) is 4.02. The van der Waals surface area contributed by atoms with Crippen LogP contribution in [0.15, 0.2) is 6.20 Å². The van der Waals surface area contributed by atoms with Gasteiger partial charge in [-0.3, -0.25) is 14.3 Å². The average Bonchev–Trinajstić information content (AvgIpc) is 2.99. The lowest BCUT2D eigenvalue weighted by molar-refractivity contribution is -0.150. The molecule has 1 aliphatic rings. The minimum Gasteiger partial charge on any atom is -0.481 e. The molecular weight excluding hydrogens is 351 g/mol. The second-order valence-corrected chi connectivity index (χ2v) is 7.82. The number of halogens is 3. The van der Waals surface area contributed by atoms with Gasteiger partial charge in [-0.15, -0.1) is 0 Å². The van der Waals surface area contributed by atoms with Gasteiger partial charge in [-0.2, -0.15) is 18.3 Å². The fourth-order valence-corrected chi connectivity index (χ4v) is 3.34. The highest BCUT2D eigenvalue weighted by atomic mass is 19.4. The Morgan fingerprint density at radius 1 is 1.23 bits per heavy atom. The summed E-state index contributed by atoms with van der Waals surface area (Å²) >= 11 is 0. The van der Waals surface area contributed by atoms with E-state index < -0.39 is 40.3 Å². The van der Waals surface area contributed by atoms with E-state index in [1.54, 1.807) is 20.8 Å². The summed E-state index contributed by atoms with van der Waals surface area (Å²) in [5.41, 5.74) is -3.80. The van der Waals surface area contributed by atoms with E-state index in [9.17, 15) is 27.9 Å². The molecule has 1 aromatic heterocycles. The molecule has 2 N–H and O–H groups in total. The molecule has 0 atom stereocenters. The molecule has 0 aromatic carbocycles. The molecule has 0 unspecified atom stereocenters. The first-order valence-electron chi connectivity index (χ1n) is 8.56. The maximum atomic E-state index is 13.5. The van der Waals surface area contributed by atoms with Crippen LogP contribution in [0.1, 0.15) is 68.9 Å². The summed E-state index contributed by atoms with van der Waals surface area (Å²) in [7, 11) is 0. The largest absolute Gasteiger partial charge is 0.481 e. The van der Waals surface area contributed by atoms with Crippen LogP contribution in [0.4, 0.5) is 13.2 Å². The van der Waals surface area contributed by atoms with E-state index in [2.05, 4.69) is 10.4 Å². The predicted octanol–water partition coefficient (Wildman–Crippen LogP) is 3.42. The summed E-state index contributed by atoms with van der Waals surface area (Å²) < 4.78 is 41.3. The molecule has 0 spiro atoms. The molecule has 6 nitrogen and oxygen atoms in total. The Balaban J connectivity index is 2.27. The predicted molar refractivity (Wildman–Crippen MR) is 87.7 cm³/mol. The number of nitrogens with zero attached hydrogens (tertiary/aromatic N) is 2. The monoisotopic (exact) mass is 375 g/mol. The third-order valence-corrected chi connectivity index (χ3v) is 4.77. The molecular formula is C17H24F3N3O3. The molecule has 1 fully saturated rings. The second-order valence-electron chi connectivity index (χ2n) is 7.82. The van der Waals surface area contributed by atoms with Crippen molar-refractivity contribution in [3.05, 3.63) is 17.5 Å². The van der Waals surface area contributed by atoms with Gasteiger partial charge in [-0.25, -0.2) is 0 Å². The number of carboxylic acid groups (broad SMARTS) is 1. The zero-order valence-electron chi connectivity index (χ0n) is 15.1. The third-order valence-electron chi connectivity index (χ3n) is 4.77. The van der Waals surface area contributed by atoms with Gasteiger partial charge in [-0.1, -0.05) is 19.3 Å². The minimum absolute atomic E-state index is 0.195. The van der Waals surface area contributed by atoms with Crippen LogP contribution < -0.4 is 5.32 Å². The van der Waals surface area contributed by atoms with Crippen molar-refractivity contribution in [2.24, 2.45) is 5.41 Å². The summed E-state index contributed by atoms with van der Waals surface area (Å²) in [5.74, 6) is -1.99. The molecule has 0 radical (unpaired) electrons. The lowest BCUT2D eigenvalue weighted by Gasteiger charge is -2.33. The molecule has 9 heteroatoms. The Morgan fingerprint density at radius 3 is 2.27 bits per heavy atom. The average molecular weight is 375 g/mol. The SMILES string of the molecule is CC(C)(C)n1ncc(C(=O)NCC2(C(=O)O)CCCCC2)c1C(F)(F)F. The number of alkyl halides is 3. The van der Waals surface area contributed by atoms with Crippen molar-refractivity contribution in [2.45, 2.75) is 64.6 Å². The Kier molecular flexibility index (Phi) is 5.39. The number of hydrogen-bond acceptors (Lipinski definition) is 3. The van der Waals surface area contributed by atoms with Gasteiger partial charge >= 0.3 is 12.1 Å². The van der Waals surface area contributed by atoms with Crippen LogP contribution >= 0.6 is 0 Å². The molecule has 0 bridgehead atoms. The highest BCUT2D eigenvalue weighted by molar-refractivity contribution is 5.95. The molecule has 0 aliphatic heterocycles. The molecule has 1 saturated carbocycles. The molecule has 1 aliphatic carbocycles. The zero-order valence-corrected chi connectivity index (χ0v) is 15.1. The number of amides is 1. The molecule has 1 aromatic rings. The maximum Gasteiger partial charge on any atom is 0.433 e. The molecule has 1 amide bonds. The number of aromatic nitrogens is 2. The molecule has 2 rings (SSSR count). The number of carboxylic acids is 1. The molecule has 26 heavy (non-hydrogen) atoms. The first kappa shape index (κ1) is 20.3. The fraction of sp³-hybridized carbons (Fsp3) is 0.706. The summed E-state index contributed by atoms with van der Waals surface area (Å²) in [6, 6.07) is 0. The molecule has 146 valence electrons. The van der Waals surface area contributed by atoms with Crippen LogP contribution in [-0.4, -0.2) is 33.3 Å². The Morgan fingerprint density at radius 2 is 1.81 bits per heavy atom. The van der Waals surface area contributed by atoms with Gasteiger partial charge in [0, 0.05) is 6.54 Å². The first-order valence-corrected chi connectivity index (χ1v) is 8.56. The van der Waals surface area contributed by atoms with E-state index >= 15 is 0 Å². The normalized spacial score (nSPS) is 17.8. The van der Waals surface area contributed by atoms with Crippen molar-refractivity contribution in [3.63, 3.8) is 0 Å². The summed E-state index contributed by atoms with van der Waals surface area (Å²) in [4.78, 5) is 24.0. The van der Waals surface area contributed by atoms with Crippen molar-refractivity contribution in [1.82, 2.24) is 15.1 Å². The van der Waals surface area contributed by atoms with E-state index in [4.69, 9.17) is 0 Å². The lowest BCUT2D eigenvalue weighted by atomic mass is 9.74. The summed E-state index contributed by atoms with van der Waals surface area (Å²) in [5, 5.41) is 15.7. The number of nitrogens with one attached hydrogen (secondary N) is 1. The van der Waals surface area contributed by atoms with Gasteiger partial charge < -0.3 is 10.4 Å². The van der Waals surface area contributed by atoms with Gasteiger partial charge in [0.2, 0.25) is 0 Å². The summed E-state index contributed by atoms with van der Waals surface area (Å²) in [6.07, 6.45) is -0.717. The zero-order chi connectivity index (χ0) is 19.8. The number of carbonyl (C=O) groups excluding carboxylic acids is 1. The Labute approximate surface area is 149 Å². The van der Waals surface area contributed by atoms with Gasteiger partial charge in [0.15, 0.2) is 5.69 Å². The molecule has 0 saturated heterocycles. The topological polar surface area (TPSA) is 84.2 Å². The highest BCUT2D eigenvalue weighted by Gasteiger charge is 2.44. The van der Waals surface area contributed by atoms with Crippen LogP contribution in [0.5, 0.6) is 0 Å². The van der Waals surface area contributed by atoms with Gasteiger partial charge in [0.1, 0.15) is 0 Å². The minimum atomic E-state index is -4.76. The Hall–Kier alpha value is -2.06. The Bertz CT molecular complexity index is 684. The van der Waals surface area contributed by atoms with E-state index in [0.29, 0.717) is 12.8 Å². The highest BCUT2D eigenvalue weighted by Crippen LogP contribution is 2.37. The van der Waals surface area contributed by atoms with Gasteiger partial charge in [0.05, 0.1) is 22.7 Å². The summed E-state index contributed by atoms with van der Waals surface area (Å²) in [6.45, 7) is 4.47. The van der Waals surface area contributed by atoms with E-state index in [0.717, 1.165) is 30.1 Å². The van der Waals surface area contributed by atoms with E-state index in [-0.39, 0.29) is 6.54 Å². The van der Waals surface area contributed by atoms with Crippen LogP contribution in [0.2, 0.25) is 0 Å². The standard InChI is InChI=1S/C17H24F3N3O3/c1-15(2,3)23-12(17(18,19)20)11(9-22-23)13(24)21-10-16(14(25)26)7-5-4-6-8-16/h9H,4-8,10H2,1-3H3,(H,21,24)(H,25,26). The number of rotatable bonds is 4. The van der Waals surface area contributed by atoms with Crippen molar-refractivity contribution in [1.29, 1.82) is 0 Å². The second kappa shape index (κ2) is 6.92. The van der Waals surface area contributed by atoms with Crippen LogP contribution in [0, 0.1) is 5.41 Å². The number of hydrogen-bond donors (Lipinski definition) is 2. The lowest BCUT2D eigenvalue weighted by Crippen LogP contribution is -2.44. The van der Waals surface area contributed by atoms with E-state index in [1.807, 2.05) is 0 Å². The van der Waals surface area contributed by atoms with E-state index in [1.165, 1.54) is 0 Å². The van der Waals surface area contributed by atoms with Crippen LogP contribution in [0.3, 0.4) is 0 Å². The first-order chi connectivity index (χ1) is 11.9. The number of carbonyl (C=O) groups is 2. The molecule has 1 heterocycles. The quantitative estimate of drug-likeness (QED) is 0.845. The maximum absolute atomic E-state index is 13.5. The van der Waals surface area contributed by atoms with Crippen molar-refractivity contribution in [2.75, 3.05) is 6.54 Å². The van der Waals surface area contributed by atoms with Gasteiger partial charge in [0.25, 0.3) is 5.91 Å². The van der Waals surface area contributed by atoms with Gasteiger partial charge in [-0.05, 0) is 33.6 Å². The smallest absolute Gasteiger partial charge is 0.433 e.